The van der Waals surface area contributed by atoms with Gasteiger partial charge >= 0.3 is 5.82 Å². The Balaban J connectivity index is 2.70. The van der Waals surface area contributed by atoms with Gasteiger partial charge < -0.3 is 15.8 Å². The molecule has 0 saturated heterocycles. The first-order chi connectivity index (χ1) is 9.98. The van der Waals surface area contributed by atoms with Gasteiger partial charge in [0.25, 0.3) is 0 Å². The van der Waals surface area contributed by atoms with E-state index in [1.165, 1.54) is 20.9 Å². The van der Waals surface area contributed by atoms with Gasteiger partial charge in [0.05, 0.1) is 0 Å². The summed E-state index contributed by atoms with van der Waals surface area (Å²) in [5, 5.41) is 10.9. The molecule has 0 aliphatic carbocycles. The molecule has 0 unspecified atom stereocenters. The van der Waals surface area contributed by atoms with Crippen molar-refractivity contribution >= 4 is 21.8 Å². The Morgan fingerprint density at radius 1 is 1.55 bits per heavy atom. The quantitative estimate of drug-likeness (QED) is 0.610. The maximum atomic E-state index is 14.2. The van der Waals surface area contributed by atoms with Crippen molar-refractivity contribution in [3.63, 3.8) is 0 Å². The maximum absolute atomic E-state index is 14.2. The number of hydrogen-bond acceptors (Lipinski definition) is 7. The molecule has 2 rings (SSSR count). The number of pyridine rings is 1. The second kappa shape index (κ2) is 4.87. The van der Waals surface area contributed by atoms with E-state index >= 15 is 0 Å². The van der Waals surface area contributed by atoms with Gasteiger partial charge in [0, 0.05) is 12.6 Å². The highest BCUT2D eigenvalue weighted by molar-refractivity contribution is 7.89. The van der Waals surface area contributed by atoms with Gasteiger partial charge in [-0.3, -0.25) is 0 Å². The highest BCUT2D eigenvalue weighted by Crippen LogP contribution is 2.33. The minimum Gasteiger partial charge on any atom is -0.369 e. The van der Waals surface area contributed by atoms with E-state index in [0.29, 0.717) is 0 Å². The van der Waals surface area contributed by atoms with Crippen LogP contribution in [-0.4, -0.2) is 41.4 Å². The summed E-state index contributed by atoms with van der Waals surface area (Å²) >= 11 is 0. The van der Waals surface area contributed by atoms with Crippen molar-refractivity contribution in [2.45, 2.75) is 19.4 Å². The molecule has 0 spiro atoms. The van der Waals surface area contributed by atoms with Gasteiger partial charge in [0.1, 0.15) is 11.3 Å². The number of nitrogens with zero attached hydrogens (tertiary/aromatic N) is 4. The zero-order valence-corrected chi connectivity index (χ0v) is 12.9. The fraction of sp³-hybridized carbons (Fsp3) is 0.455. The van der Waals surface area contributed by atoms with Gasteiger partial charge in [0.2, 0.25) is 21.7 Å². The number of rotatable bonds is 2. The highest BCUT2D eigenvalue weighted by atomic mass is 32.2. The van der Waals surface area contributed by atoms with Crippen molar-refractivity contribution in [1.29, 1.82) is 0 Å². The maximum Gasteiger partial charge on any atom is 0.366 e. The number of aliphatic imine (C=N–C) groups is 1. The summed E-state index contributed by atoms with van der Waals surface area (Å²) in [5.74, 6) is -2.36. The van der Waals surface area contributed by atoms with Crippen molar-refractivity contribution in [3.8, 4) is 0 Å². The number of guanidine groups is 1. The lowest BCUT2D eigenvalue weighted by Crippen LogP contribution is -2.50. The summed E-state index contributed by atoms with van der Waals surface area (Å²) in [4.78, 5) is 17.8. The lowest BCUT2D eigenvalue weighted by Gasteiger charge is -2.32. The Morgan fingerprint density at radius 2 is 2.14 bits per heavy atom. The second-order valence-corrected chi connectivity index (χ2v) is 7.18. The van der Waals surface area contributed by atoms with E-state index in [0.717, 1.165) is 10.4 Å². The first-order valence-corrected chi connectivity index (χ1v) is 7.73. The average Bonchev–Trinajstić information content (AvgIpc) is 2.34. The number of halogens is 1. The summed E-state index contributed by atoms with van der Waals surface area (Å²) in [6.45, 7) is 2.65. The molecule has 1 atom stereocenters. The molecule has 1 aliphatic rings. The van der Waals surface area contributed by atoms with E-state index in [9.17, 15) is 22.9 Å². The Labute approximate surface area is 125 Å². The van der Waals surface area contributed by atoms with Crippen molar-refractivity contribution in [3.05, 3.63) is 33.3 Å². The number of sulfonamides is 1. The molecule has 0 amide bonds. The minimum atomic E-state index is -3.83. The molecule has 2 heterocycles. The molecule has 0 saturated carbocycles. The third kappa shape index (κ3) is 2.47. The SMILES string of the molecule is Cc1cc(F)c([C@]2(C)CS(=O)(=O)N(C)C(N)=N2)nc1[N+](=O)[O-]. The zero-order chi connectivity index (χ0) is 16.9. The van der Waals surface area contributed by atoms with Crippen LogP contribution in [0.3, 0.4) is 0 Å². The number of nitrogens with two attached hydrogens (primary N) is 1. The number of aryl methyl sites for hydroxylation is 1. The Bertz CT molecular complexity index is 794. The van der Waals surface area contributed by atoms with E-state index in [4.69, 9.17) is 5.73 Å². The summed E-state index contributed by atoms with van der Waals surface area (Å²) in [5.41, 5.74) is 3.52. The van der Waals surface area contributed by atoms with Crippen LogP contribution in [0, 0.1) is 22.9 Å². The number of nitro groups is 1. The van der Waals surface area contributed by atoms with Crippen molar-refractivity contribution in [1.82, 2.24) is 9.29 Å². The molecule has 11 heteroatoms. The van der Waals surface area contributed by atoms with E-state index in [1.807, 2.05) is 0 Å². The van der Waals surface area contributed by atoms with Crippen molar-refractivity contribution in [2.75, 3.05) is 12.8 Å². The topological polar surface area (TPSA) is 132 Å². The van der Waals surface area contributed by atoms with Crippen LogP contribution in [0.15, 0.2) is 11.1 Å². The van der Waals surface area contributed by atoms with E-state index in [1.54, 1.807) is 0 Å². The van der Waals surface area contributed by atoms with Gasteiger partial charge in [-0.25, -0.2) is 22.1 Å². The molecular formula is C11H14FN5O4S. The summed E-state index contributed by atoms with van der Waals surface area (Å²) in [7, 11) is -2.61. The summed E-state index contributed by atoms with van der Waals surface area (Å²) < 4.78 is 39.1. The normalized spacial score (nSPS) is 24.0. The average molecular weight is 331 g/mol. The van der Waals surface area contributed by atoms with Crippen LogP contribution < -0.4 is 5.73 Å². The number of hydrogen-bond donors (Lipinski definition) is 1. The fourth-order valence-electron chi connectivity index (χ4n) is 2.20. The van der Waals surface area contributed by atoms with Crippen LogP contribution in [0.1, 0.15) is 18.2 Å². The monoisotopic (exact) mass is 331 g/mol. The standard InChI is InChI=1S/C11H14FN5O4S/c1-6-4-7(12)8(14-9(6)17(18)19)11(2)5-22(20,21)16(3)10(13)15-11/h4H,5H2,1-3H3,(H2,13,15)/t11-/m0/s1. The lowest BCUT2D eigenvalue weighted by molar-refractivity contribution is -0.390. The molecule has 0 bridgehead atoms. The second-order valence-electron chi connectivity index (χ2n) is 5.18. The Hall–Kier alpha value is -2.30. The van der Waals surface area contributed by atoms with Gasteiger partial charge in [-0.15, -0.1) is 0 Å². The van der Waals surface area contributed by atoms with Crippen molar-refractivity contribution in [2.24, 2.45) is 10.7 Å². The van der Waals surface area contributed by atoms with E-state index in [-0.39, 0.29) is 11.5 Å². The minimum absolute atomic E-state index is 0.0302. The van der Waals surface area contributed by atoms with Crippen LogP contribution in [0.2, 0.25) is 0 Å². The predicted molar refractivity (Wildman–Crippen MR) is 76.1 cm³/mol. The Morgan fingerprint density at radius 3 is 2.64 bits per heavy atom. The molecule has 9 nitrogen and oxygen atoms in total. The molecule has 1 aromatic rings. The molecule has 0 aromatic carbocycles. The predicted octanol–water partition coefficient (Wildman–Crippen LogP) is 0.242. The largest absolute Gasteiger partial charge is 0.369 e. The van der Waals surface area contributed by atoms with Gasteiger partial charge in [-0.2, -0.15) is 0 Å². The van der Waals surface area contributed by atoms with Gasteiger partial charge in [0.15, 0.2) is 5.82 Å². The summed E-state index contributed by atoms with van der Waals surface area (Å²) in [6, 6.07) is 0.933. The first kappa shape index (κ1) is 16.1. The van der Waals surface area contributed by atoms with Crippen LogP contribution in [-0.2, 0) is 15.6 Å². The van der Waals surface area contributed by atoms with Crippen molar-refractivity contribution < 1.29 is 17.7 Å². The molecule has 22 heavy (non-hydrogen) atoms. The smallest absolute Gasteiger partial charge is 0.366 e. The van der Waals surface area contributed by atoms with Crippen LogP contribution >= 0.6 is 0 Å². The van der Waals surface area contributed by atoms with E-state index in [2.05, 4.69) is 9.98 Å². The van der Waals surface area contributed by atoms with Crippen LogP contribution in [0.5, 0.6) is 0 Å². The molecule has 2 N–H and O–H groups in total. The molecule has 1 aliphatic heterocycles. The Kier molecular flexibility index (Phi) is 3.56. The zero-order valence-electron chi connectivity index (χ0n) is 12.1. The van der Waals surface area contributed by atoms with E-state index < -0.39 is 43.6 Å². The van der Waals surface area contributed by atoms with Gasteiger partial charge in [-0.1, -0.05) is 0 Å². The third-order valence-corrected chi connectivity index (χ3v) is 5.34. The number of aromatic nitrogens is 1. The third-order valence-electron chi connectivity index (χ3n) is 3.39. The summed E-state index contributed by atoms with van der Waals surface area (Å²) in [6.07, 6.45) is 0. The molecule has 0 fully saturated rings. The highest BCUT2D eigenvalue weighted by Gasteiger charge is 2.46. The van der Waals surface area contributed by atoms with Gasteiger partial charge in [-0.05, 0) is 29.8 Å². The fourth-order valence-corrected chi connectivity index (χ4v) is 3.64. The lowest BCUT2D eigenvalue weighted by atomic mass is 9.99. The molecule has 1 aromatic heterocycles. The molecular weight excluding hydrogens is 317 g/mol. The van der Waals surface area contributed by atoms with Crippen LogP contribution in [0.4, 0.5) is 10.2 Å². The van der Waals surface area contributed by atoms with Crippen LogP contribution in [0.25, 0.3) is 0 Å². The molecule has 120 valence electrons. The first-order valence-electron chi connectivity index (χ1n) is 6.12. The molecule has 0 radical (unpaired) electrons.